The van der Waals surface area contributed by atoms with Crippen molar-refractivity contribution < 1.29 is 0 Å². The molecule has 2 rings (SSSR count). The van der Waals surface area contributed by atoms with Crippen LogP contribution in [0.1, 0.15) is 39.0 Å². The third-order valence-electron chi connectivity index (χ3n) is 3.66. The topological polar surface area (TPSA) is 12.0 Å². The van der Waals surface area contributed by atoms with Crippen LogP contribution in [0, 0.1) is 11.3 Å². The van der Waals surface area contributed by atoms with Crippen LogP contribution in [-0.2, 0) is 0 Å². The Kier molecular flexibility index (Phi) is 1.71. The summed E-state index contributed by atoms with van der Waals surface area (Å²) in [6.07, 6.45) is 7.29. The molecule has 1 heteroatoms. The molecule has 64 valence electrons. The summed E-state index contributed by atoms with van der Waals surface area (Å²) in [5.41, 5.74) is 0.823. The van der Waals surface area contributed by atoms with Gasteiger partial charge >= 0.3 is 0 Å². The fraction of sp³-hybridized carbons (Fsp3) is 1.00. The lowest BCUT2D eigenvalue weighted by Crippen LogP contribution is -2.12. The van der Waals surface area contributed by atoms with Crippen molar-refractivity contribution in [3.05, 3.63) is 0 Å². The first kappa shape index (κ1) is 7.60. The molecule has 0 saturated heterocycles. The normalized spacial score (nSPS) is 37.6. The van der Waals surface area contributed by atoms with Crippen LogP contribution in [0.15, 0.2) is 0 Å². The van der Waals surface area contributed by atoms with Gasteiger partial charge in [0.05, 0.1) is 0 Å². The number of hydrogen-bond acceptors (Lipinski definition) is 1. The van der Waals surface area contributed by atoms with E-state index < -0.39 is 0 Å². The van der Waals surface area contributed by atoms with Crippen LogP contribution in [0.3, 0.4) is 0 Å². The molecule has 1 N–H and O–H groups in total. The van der Waals surface area contributed by atoms with E-state index in [1.807, 2.05) is 0 Å². The zero-order valence-electron chi connectivity index (χ0n) is 7.69. The average Bonchev–Trinajstić information content (AvgIpc) is 2.89. The number of unbranched alkanes of at least 4 members (excludes halogenated alkanes) is 1. The molecule has 0 aromatic rings. The molecule has 1 spiro atoms. The zero-order valence-corrected chi connectivity index (χ0v) is 7.69. The van der Waals surface area contributed by atoms with Crippen molar-refractivity contribution in [2.24, 2.45) is 11.3 Å². The molecule has 0 aromatic heterocycles. The fourth-order valence-corrected chi connectivity index (χ4v) is 2.77. The Morgan fingerprint density at radius 1 is 1.45 bits per heavy atom. The van der Waals surface area contributed by atoms with Gasteiger partial charge in [0.15, 0.2) is 0 Å². The largest absolute Gasteiger partial charge is 0.316 e. The summed E-state index contributed by atoms with van der Waals surface area (Å²) in [7, 11) is 2.12. The van der Waals surface area contributed by atoms with Gasteiger partial charge in [0.1, 0.15) is 0 Å². The maximum Gasteiger partial charge on any atom is 0.0158 e. The van der Waals surface area contributed by atoms with Gasteiger partial charge in [-0.1, -0.05) is 19.8 Å². The van der Waals surface area contributed by atoms with E-state index in [0.29, 0.717) is 0 Å². The van der Waals surface area contributed by atoms with Crippen LogP contribution in [-0.4, -0.2) is 13.1 Å². The molecule has 0 aromatic carbocycles. The molecule has 0 unspecified atom stereocenters. The number of nitrogens with one attached hydrogen (secondary N) is 1. The second kappa shape index (κ2) is 2.48. The van der Waals surface area contributed by atoms with Gasteiger partial charge in [0.2, 0.25) is 0 Å². The quantitative estimate of drug-likeness (QED) is 0.652. The number of hydrogen-bond donors (Lipinski definition) is 1. The van der Waals surface area contributed by atoms with Gasteiger partial charge in [0.25, 0.3) is 0 Å². The third-order valence-corrected chi connectivity index (χ3v) is 3.66. The first-order valence-electron chi connectivity index (χ1n) is 5.02. The predicted octanol–water partition coefficient (Wildman–Crippen LogP) is 2.17. The van der Waals surface area contributed by atoms with Gasteiger partial charge in [-0.25, -0.2) is 0 Å². The van der Waals surface area contributed by atoms with E-state index in [4.69, 9.17) is 0 Å². The fourth-order valence-electron chi connectivity index (χ4n) is 2.77. The summed E-state index contributed by atoms with van der Waals surface area (Å²) in [4.78, 5) is 0. The Labute approximate surface area is 69.6 Å². The predicted molar refractivity (Wildman–Crippen MR) is 47.5 cm³/mol. The van der Waals surface area contributed by atoms with Crippen molar-refractivity contribution >= 4 is 0 Å². The van der Waals surface area contributed by atoms with Crippen LogP contribution in [0.25, 0.3) is 0 Å². The summed E-state index contributed by atoms with van der Waals surface area (Å²) in [5.74, 6) is 1.05. The Balaban J connectivity index is 1.79. The summed E-state index contributed by atoms with van der Waals surface area (Å²) in [6, 6.07) is 0.897. The molecular weight excluding hydrogens is 134 g/mol. The third kappa shape index (κ3) is 1.01. The summed E-state index contributed by atoms with van der Waals surface area (Å²) >= 11 is 0. The molecule has 1 nitrogen and oxygen atoms in total. The molecule has 0 aliphatic heterocycles. The molecule has 2 saturated carbocycles. The molecule has 2 aliphatic rings. The Morgan fingerprint density at radius 2 is 2.18 bits per heavy atom. The lowest BCUT2D eigenvalue weighted by Gasteiger charge is -1.94. The van der Waals surface area contributed by atoms with E-state index in [1.54, 1.807) is 0 Å². The highest BCUT2D eigenvalue weighted by atomic mass is 15.0. The monoisotopic (exact) mass is 153 g/mol. The SMILES string of the molecule is CCCC[C@@H]1[C@H](NC)C12CC2. The van der Waals surface area contributed by atoms with Crippen molar-refractivity contribution in [3.8, 4) is 0 Å². The minimum Gasteiger partial charge on any atom is -0.316 e. The van der Waals surface area contributed by atoms with Crippen molar-refractivity contribution in [1.29, 1.82) is 0 Å². The second-order valence-corrected chi connectivity index (χ2v) is 4.25. The van der Waals surface area contributed by atoms with Crippen LogP contribution in [0.2, 0.25) is 0 Å². The lowest BCUT2D eigenvalue weighted by atomic mass is 10.1. The average molecular weight is 153 g/mol. The van der Waals surface area contributed by atoms with Crippen molar-refractivity contribution in [2.75, 3.05) is 7.05 Å². The van der Waals surface area contributed by atoms with E-state index in [1.165, 1.54) is 32.1 Å². The van der Waals surface area contributed by atoms with E-state index in [9.17, 15) is 0 Å². The zero-order chi connectivity index (χ0) is 7.90. The Bertz CT molecular complexity index is 149. The van der Waals surface area contributed by atoms with E-state index >= 15 is 0 Å². The van der Waals surface area contributed by atoms with Gasteiger partial charge in [-0.2, -0.15) is 0 Å². The van der Waals surface area contributed by atoms with Gasteiger partial charge in [0, 0.05) is 6.04 Å². The molecule has 11 heavy (non-hydrogen) atoms. The van der Waals surface area contributed by atoms with E-state index in [-0.39, 0.29) is 0 Å². The van der Waals surface area contributed by atoms with Crippen LogP contribution in [0.5, 0.6) is 0 Å². The van der Waals surface area contributed by atoms with Crippen molar-refractivity contribution in [3.63, 3.8) is 0 Å². The first-order chi connectivity index (χ1) is 5.35. The maximum atomic E-state index is 3.45. The highest BCUT2D eigenvalue weighted by molar-refractivity contribution is 5.23. The highest BCUT2D eigenvalue weighted by Gasteiger charge is 2.70. The molecule has 0 heterocycles. The minimum absolute atomic E-state index is 0.823. The number of rotatable bonds is 4. The maximum absolute atomic E-state index is 3.45. The molecule has 2 atom stereocenters. The van der Waals surface area contributed by atoms with Gasteiger partial charge in [-0.3, -0.25) is 0 Å². The van der Waals surface area contributed by atoms with E-state index in [2.05, 4.69) is 19.3 Å². The molecule has 0 amide bonds. The molecule has 2 fully saturated rings. The van der Waals surface area contributed by atoms with Crippen LogP contribution < -0.4 is 5.32 Å². The molecule has 0 radical (unpaired) electrons. The minimum atomic E-state index is 0.823. The van der Waals surface area contributed by atoms with Crippen LogP contribution >= 0.6 is 0 Å². The lowest BCUT2D eigenvalue weighted by molar-refractivity contribution is 0.591. The first-order valence-corrected chi connectivity index (χ1v) is 5.02. The molecule has 2 aliphatic carbocycles. The van der Waals surface area contributed by atoms with Gasteiger partial charge in [-0.05, 0) is 37.6 Å². The second-order valence-electron chi connectivity index (χ2n) is 4.25. The molecule has 0 bridgehead atoms. The van der Waals surface area contributed by atoms with Crippen molar-refractivity contribution in [1.82, 2.24) is 5.32 Å². The molecular formula is C10H19N. The van der Waals surface area contributed by atoms with Gasteiger partial charge in [-0.15, -0.1) is 0 Å². The highest BCUT2D eigenvalue weighted by Crippen LogP contribution is 2.71. The Morgan fingerprint density at radius 3 is 2.55 bits per heavy atom. The van der Waals surface area contributed by atoms with Gasteiger partial charge < -0.3 is 5.32 Å². The standard InChI is InChI=1S/C10H19N/c1-3-4-5-8-9(11-2)10(8)6-7-10/h8-9,11H,3-7H2,1-2H3/t8-,9+/m1/s1. The van der Waals surface area contributed by atoms with E-state index in [0.717, 1.165) is 17.4 Å². The Hall–Kier alpha value is -0.0400. The summed E-state index contributed by atoms with van der Waals surface area (Å²) in [5, 5.41) is 3.45. The summed E-state index contributed by atoms with van der Waals surface area (Å²) < 4.78 is 0. The summed E-state index contributed by atoms with van der Waals surface area (Å²) in [6.45, 7) is 2.29. The van der Waals surface area contributed by atoms with Crippen LogP contribution in [0.4, 0.5) is 0 Å². The van der Waals surface area contributed by atoms with Crippen molar-refractivity contribution in [2.45, 2.75) is 45.1 Å². The smallest absolute Gasteiger partial charge is 0.0158 e.